The Labute approximate surface area is 134 Å². The predicted octanol–water partition coefficient (Wildman–Crippen LogP) is 4.38. The van der Waals surface area contributed by atoms with Crippen LogP contribution in [0.5, 0.6) is 0 Å². The average Bonchev–Trinajstić information content (AvgIpc) is 2.47. The fraction of sp³-hybridized carbons (Fsp3) is 0.588. The minimum atomic E-state index is -3.42. The first-order valence-corrected chi connectivity index (χ1v) is 9.64. The molecule has 0 bridgehead atoms. The normalized spacial score (nSPS) is 11.6. The van der Waals surface area contributed by atoms with Gasteiger partial charge in [0.25, 0.3) is 0 Å². The zero-order valence-electron chi connectivity index (χ0n) is 13.8. The predicted molar refractivity (Wildman–Crippen MR) is 91.8 cm³/mol. The summed E-state index contributed by atoms with van der Waals surface area (Å²) in [5, 5.41) is -0.377. The van der Waals surface area contributed by atoms with Gasteiger partial charge in [0.2, 0.25) is 10.0 Å². The van der Waals surface area contributed by atoms with Crippen LogP contribution in [0.15, 0.2) is 24.3 Å². The van der Waals surface area contributed by atoms with E-state index in [1.807, 2.05) is 20.8 Å². The molecule has 5 heteroatoms. The molecule has 4 nitrogen and oxygen atoms in total. The van der Waals surface area contributed by atoms with Gasteiger partial charge in [-0.1, -0.05) is 45.7 Å². The number of hydrogen-bond acceptors (Lipinski definition) is 3. The van der Waals surface area contributed by atoms with Gasteiger partial charge in [-0.25, -0.2) is 8.42 Å². The molecule has 0 aliphatic heterocycles. The molecule has 0 unspecified atom stereocenters. The minimum Gasteiger partial charge on any atom is -0.294 e. The Balaban J connectivity index is 2.92. The zero-order chi connectivity index (χ0) is 16.6. The maximum atomic E-state index is 12.5. The maximum absolute atomic E-state index is 12.5. The lowest BCUT2D eigenvalue weighted by atomic mass is 10.1. The standard InChI is InChI=1S/C17H27NO3S/c1-4-8-16(9-5-2)22(20,21)18-15-12-7-11-14(13-15)17(19)10-6-3/h7,11-13,16,18H,4-6,8-10H2,1-3H3. The molecule has 0 saturated heterocycles. The fourth-order valence-corrected chi connectivity index (χ4v) is 4.19. The molecule has 1 aromatic carbocycles. The second kappa shape index (κ2) is 8.93. The second-order valence-electron chi connectivity index (χ2n) is 5.60. The summed E-state index contributed by atoms with van der Waals surface area (Å²) in [6.07, 6.45) is 4.23. The first-order chi connectivity index (χ1) is 10.4. The Morgan fingerprint density at radius 2 is 1.73 bits per heavy atom. The van der Waals surface area contributed by atoms with Crippen LogP contribution in [0.2, 0.25) is 0 Å². The monoisotopic (exact) mass is 325 g/mol. The van der Waals surface area contributed by atoms with Crippen molar-refractivity contribution in [3.8, 4) is 0 Å². The molecule has 0 fully saturated rings. The van der Waals surface area contributed by atoms with Crippen molar-refractivity contribution in [1.29, 1.82) is 0 Å². The van der Waals surface area contributed by atoms with E-state index in [1.165, 1.54) is 0 Å². The van der Waals surface area contributed by atoms with Crippen LogP contribution in [-0.4, -0.2) is 19.5 Å². The largest absolute Gasteiger partial charge is 0.294 e. The van der Waals surface area contributed by atoms with Gasteiger partial charge in [-0.3, -0.25) is 9.52 Å². The van der Waals surface area contributed by atoms with Gasteiger partial charge >= 0.3 is 0 Å². The highest BCUT2D eigenvalue weighted by Crippen LogP contribution is 2.20. The number of rotatable bonds is 10. The van der Waals surface area contributed by atoms with Crippen LogP contribution in [0.3, 0.4) is 0 Å². The lowest BCUT2D eigenvalue weighted by Gasteiger charge is -2.18. The van der Waals surface area contributed by atoms with Crippen molar-refractivity contribution < 1.29 is 13.2 Å². The van der Waals surface area contributed by atoms with Gasteiger partial charge in [0.15, 0.2) is 5.78 Å². The summed E-state index contributed by atoms with van der Waals surface area (Å²) in [5.74, 6) is 0.0437. The molecule has 0 amide bonds. The van der Waals surface area contributed by atoms with Gasteiger partial charge in [-0.2, -0.15) is 0 Å². The van der Waals surface area contributed by atoms with Crippen molar-refractivity contribution in [2.24, 2.45) is 0 Å². The first kappa shape index (κ1) is 18.7. The van der Waals surface area contributed by atoms with Crippen molar-refractivity contribution in [2.75, 3.05) is 4.72 Å². The molecule has 0 saturated carbocycles. The van der Waals surface area contributed by atoms with E-state index >= 15 is 0 Å². The molecule has 0 atom stereocenters. The highest BCUT2D eigenvalue weighted by atomic mass is 32.2. The van der Waals surface area contributed by atoms with E-state index in [0.717, 1.165) is 19.3 Å². The van der Waals surface area contributed by atoms with Crippen LogP contribution in [0.1, 0.15) is 69.7 Å². The number of ketones is 1. The van der Waals surface area contributed by atoms with Crippen molar-refractivity contribution in [2.45, 2.75) is 64.5 Å². The number of benzene rings is 1. The van der Waals surface area contributed by atoms with Gasteiger partial charge in [0.05, 0.1) is 5.25 Å². The summed E-state index contributed by atoms with van der Waals surface area (Å²) in [7, 11) is -3.42. The Bertz CT molecular complexity index is 575. The Morgan fingerprint density at radius 1 is 1.09 bits per heavy atom. The molecule has 1 rings (SSSR count). The SMILES string of the molecule is CCCC(=O)c1cccc(NS(=O)(=O)C(CCC)CCC)c1. The number of hydrogen-bond donors (Lipinski definition) is 1. The van der Waals surface area contributed by atoms with Crippen LogP contribution < -0.4 is 4.72 Å². The van der Waals surface area contributed by atoms with Gasteiger partial charge in [0.1, 0.15) is 0 Å². The molecule has 0 spiro atoms. The van der Waals surface area contributed by atoms with Crippen molar-refractivity contribution in [3.63, 3.8) is 0 Å². The number of Topliss-reactive ketones (excluding diaryl/α,β-unsaturated/α-hetero) is 1. The smallest absolute Gasteiger partial charge is 0.235 e. The molecule has 0 heterocycles. The minimum absolute atomic E-state index is 0.0437. The summed E-state index contributed by atoms with van der Waals surface area (Å²) in [4.78, 5) is 11.9. The number of carbonyl (C=O) groups is 1. The number of carbonyl (C=O) groups excluding carboxylic acids is 1. The Hall–Kier alpha value is -1.36. The Morgan fingerprint density at radius 3 is 2.27 bits per heavy atom. The third-order valence-electron chi connectivity index (χ3n) is 3.58. The van der Waals surface area contributed by atoms with Crippen LogP contribution in [0, 0.1) is 0 Å². The summed E-state index contributed by atoms with van der Waals surface area (Å²) in [6.45, 7) is 5.93. The first-order valence-electron chi connectivity index (χ1n) is 8.09. The highest BCUT2D eigenvalue weighted by Gasteiger charge is 2.23. The molecular weight excluding hydrogens is 298 g/mol. The molecule has 22 heavy (non-hydrogen) atoms. The molecule has 1 aromatic rings. The molecule has 0 aliphatic rings. The number of nitrogens with one attached hydrogen (secondary N) is 1. The molecule has 0 aromatic heterocycles. The lowest BCUT2D eigenvalue weighted by Crippen LogP contribution is -2.27. The van der Waals surface area contributed by atoms with E-state index < -0.39 is 10.0 Å². The maximum Gasteiger partial charge on any atom is 0.235 e. The van der Waals surface area contributed by atoms with E-state index in [0.29, 0.717) is 30.5 Å². The van der Waals surface area contributed by atoms with Crippen LogP contribution in [0.4, 0.5) is 5.69 Å². The highest BCUT2D eigenvalue weighted by molar-refractivity contribution is 7.93. The van der Waals surface area contributed by atoms with Crippen LogP contribution in [-0.2, 0) is 10.0 Å². The van der Waals surface area contributed by atoms with Crippen molar-refractivity contribution in [1.82, 2.24) is 0 Å². The topological polar surface area (TPSA) is 63.2 Å². The van der Waals surface area contributed by atoms with Crippen LogP contribution >= 0.6 is 0 Å². The van der Waals surface area contributed by atoms with E-state index in [2.05, 4.69) is 4.72 Å². The van der Waals surface area contributed by atoms with Gasteiger partial charge in [-0.05, 0) is 31.4 Å². The molecule has 0 radical (unpaired) electrons. The summed E-state index contributed by atoms with van der Waals surface area (Å²) < 4.78 is 27.6. The summed E-state index contributed by atoms with van der Waals surface area (Å²) >= 11 is 0. The summed E-state index contributed by atoms with van der Waals surface area (Å²) in [5.41, 5.74) is 1.03. The van der Waals surface area contributed by atoms with Crippen molar-refractivity contribution in [3.05, 3.63) is 29.8 Å². The van der Waals surface area contributed by atoms with Crippen LogP contribution in [0.25, 0.3) is 0 Å². The van der Waals surface area contributed by atoms with E-state index in [-0.39, 0.29) is 11.0 Å². The number of sulfonamides is 1. The Kier molecular flexibility index (Phi) is 7.59. The van der Waals surface area contributed by atoms with Crippen molar-refractivity contribution >= 4 is 21.5 Å². The molecule has 124 valence electrons. The van der Waals surface area contributed by atoms with E-state index in [9.17, 15) is 13.2 Å². The molecule has 0 aliphatic carbocycles. The van der Waals surface area contributed by atoms with Gasteiger partial charge < -0.3 is 0 Å². The third kappa shape index (κ3) is 5.44. The average molecular weight is 325 g/mol. The third-order valence-corrected chi connectivity index (χ3v) is 5.45. The summed E-state index contributed by atoms with van der Waals surface area (Å²) in [6, 6.07) is 6.76. The molecular formula is C17H27NO3S. The second-order valence-corrected chi connectivity index (χ2v) is 7.56. The van der Waals surface area contributed by atoms with E-state index in [1.54, 1.807) is 24.3 Å². The van der Waals surface area contributed by atoms with Gasteiger partial charge in [-0.15, -0.1) is 0 Å². The fourth-order valence-electron chi connectivity index (χ4n) is 2.47. The van der Waals surface area contributed by atoms with Gasteiger partial charge in [0, 0.05) is 17.7 Å². The van der Waals surface area contributed by atoms with E-state index in [4.69, 9.17) is 0 Å². The number of anilines is 1. The lowest BCUT2D eigenvalue weighted by molar-refractivity contribution is 0.0982. The zero-order valence-corrected chi connectivity index (χ0v) is 14.6. The quantitative estimate of drug-likeness (QED) is 0.649. The molecule has 1 N–H and O–H groups in total.